The van der Waals surface area contributed by atoms with E-state index in [1.165, 1.54) is 24.3 Å². The molecule has 0 aromatic heterocycles. The van der Waals surface area contributed by atoms with Gasteiger partial charge in [-0.3, -0.25) is 9.59 Å². The smallest absolute Gasteiger partial charge is 0.257 e. The van der Waals surface area contributed by atoms with Crippen molar-refractivity contribution in [1.82, 2.24) is 0 Å². The van der Waals surface area contributed by atoms with Crippen LogP contribution in [0.3, 0.4) is 0 Å². The monoisotopic (exact) mass is 383 g/mol. The molecular formula is C21H15ClFNO3. The van der Waals surface area contributed by atoms with Crippen LogP contribution in [0.4, 0.5) is 10.1 Å². The summed E-state index contributed by atoms with van der Waals surface area (Å²) in [5.41, 5.74) is 1.23. The zero-order valence-corrected chi connectivity index (χ0v) is 14.9. The zero-order valence-electron chi connectivity index (χ0n) is 14.1. The van der Waals surface area contributed by atoms with Gasteiger partial charge < -0.3 is 10.1 Å². The molecule has 1 N–H and O–H groups in total. The summed E-state index contributed by atoms with van der Waals surface area (Å²) >= 11 is 6.02. The van der Waals surface area contributed by atoms with E-state index in [4.69, 9.17) is 16.3 Å². The minimum Gasteiger partial charge on any atom is -0.485 e. The first-order valence-electron chi connectivity index (χ1n) is 8.10. The molecule has 1 amide bonds. The van der Waals surface area contributed by atoms with E-state index in [-0.39, 0.29) is 18.3 Å². The van der Waals surface area contributed by atoms with E-state index >= 15 is 0 Å². The Kier molecular flexibility index (Phi) is 5.84. The molecule has 0 heterocycles. The van der Waals surface area contributed by atoms with Gasteiger partial charge in [0.25, 0.3) is 5.91 Å². The van der Waals surface area contributed by atoms with Gasteiger partial charge in [0.2, 0.25) is 0 Å². The van der Waals surface area contributed by atoms with Crippen LogP contribution in [0.15, 0.2) is 72.8 Å². The third-order valence-electron chi connectivity index (χ3n) is 3.75. The number of carbonyl (C=O) groups is 2. The first-order chi connectivity index (χ1) is 13.0. The van der Waals surface area contributed by atoms with E-state index in [0.29, 0.717) is 27.6 Å². The second-order valence-electron chi connectivity index (χ2n) is 5.68. The van der Waals surface area contributed by atoms with Crippen LogP contribution >= 0.6 is 11.6 Å². The Hall–Kier alpha value is -3.18. The number of hydrogen-bond acceptors (Lipinski definition) is 3. The lowest BCUT2D eigenvalue weighted by atomic mass is 10.1. The third-order valence-corrected chi connectivity index (χ3v) is 4.08. The SMILES string of the molecule is O=C(COc1cccc(NC(=O)c2ccccc2Cl)c1)c1ccc(F)cc1. The van der Waals surface area contributed by atoms with Gasteiger partial charge in [-0.2, -0.15) is 0 Å². The lowest BCUT2D eigenvalue weighted by Crippen LogP contribution is -2.13. The molecule has 27 heavy (non-hydrogen) atoms. The van der Waals surface area contributed by atoms with Gasteiger partial charge in [-0.05, 0) is 48.5 Å². The summed E-state index contributed by atoms with van der Waals surface area (Å²) in [6.45, 7) is -0.201. The summed E-state index contributed by atoms with van der Waals surface area (Å²) in [6, 6.07) is 18.6. The largest absolute Gasteiger partial charge is 0.485 e. The molecule has 0 radical (unpaired) electrons. The Labute approximate surface area is 160 Å². The van der Waals surface area contributed by atoms with Crippen LogP contribution in [-0.4, -0.2) is 18.3 Å². The van der Waals surface area contributed by atoms with Crippen molar-refractivity contribution in [2.24, 2.45) is 0 Å². The molecule has 3 aromatic carbocycles. The molecule has 0 spiro atoms. The van der Waals surface area contributed by atoms with Crippen molar-refractivity contribution in [3.63, 3.8) is 0 Å². The van der Waals surface area contributed by atoms with Gasteiger partial charge in [0.1, 0.15) is 11.6 Å². The highest BCUT2D eigenvalue weighted by Crippen LogP contribution is 2.21. The topological polar surface area (TPSA) is 55.4 Å². The first kappa shape index (κ1) is 18.6. The Morgan fingerprint density at radius 3 is 2.44 bits per heavy atom. The molecule has 0 fully saturated rings. The molecule has 3 aromatic rings. The minimum atomic E-state index is -0.408. The van der Waals surface area contributed by atoms with Crippen molar-refractivity contribution in [3.05, 3.63) is 94.8 Å². The van der Waals surface area contributed by atoms with Gasteiger partial charge in [-0.1, -0.05) is 29.8 Å². The average molecular weight is 384 g/mol. The molecule has 0 unspecified atom stereocenters. The molecule has 6 heteroatoms. The highest BCUT2D eigenvalue weighted by atomic mass is 35.5. The lowest BCUT2D eigenvalue weighted by Gasteiger charge is -2.10. The predicted octanol–water partition coefficient (Wildman–Crippen LogP) is 4.99. The van der Waals surface area contributed by atoms with Crippen molar-refractivity contribution < 1.29 is 18.7 Å². The van der Waals surface area contributed by atoms with Crippen LogP contribution < -0.4 is 10.1 Å². The highest BCUT2D eigenvalue weighted by molar-refractivity contribution is 6.34. The van der Waals surface area contributed by atoms with Crippen molar-refractivity contribution in [2.45, 2.75) is 0 Å². The van der Waals surface area contributed by atoms with Crippen LogP contribution in [0.5, 0.6) is 5.75 Å². The Morgan fingerprint density at radius 1 is 0.963 bits per heavy atom. The van der Waals surface area contributed by atoms with Crippen LogP contribution in [0.25, 0.3) is 0 Å². The van der Waals surface area contributed by atoms with E-state index in [2.05, 4.69) is 5.32 Å². The molecule has 0 atom stereocenters. The summed E-state index contributed by atoms with van der Waals surface area (Å²) in [5, 5.41) is 3.09. The standard InChI is InChI=1S/C21H15ClFNO3/c22-19-7-2-1-6-18(19)21(26)24-16-4-3-5-17(12-16)27-13-20(25)14-8-10-15(23)11-9-14/h1-12H,13H2,(H,24,26). The van der Waals surface area contributed by atoms with Crippen molar-refractivity contribution in [2.75, 3.05) is 11.9 Å². The zero-order chi connectivity index (χ0) is 19.2. The number of hydrogen-bond donors (Lipinski definition) is 1. The third kappa shape index (κ3) is 4.92. The molecular weight excluding hydrogens is 369 g/mol. The number of amides is 1. The number of rotatable bonds is 6. The molecule has 4 nitrogen and oxygen atoms in total. The second-order valence-corrected chi connectivity index (χ2v) is 6.09. The predicted molar refractivity (Wildman–Crippen MR) is 102 cm³/mol. The number of nitrogens with one attached hydrogen (secondary N) is 1. The summed E-state index contributed by atoms with van der Waals surface area (Å²) in [6.07, 6.45) is 0. The summed E-state index contributed by atoms with van der Waals surface area (Å²) < 4.78 is 18.4. The summed E-state index contributed by atoms with van der Waals surface area (Å²) in [5.74, 6) is -0.613. The fraction of sp³-hybridized carbons (Fsp3) is 0.0476. The van der Waals surface area contributed by atoms with Crippen molar-refractivity contribution in [1.29, 1.82) is 0 Å². The number of halogens is 2. The molecule has 0 aliphatic rings. The van der Waals surface area contributed by atoms with Crippen LogP contribution in [0.1, 0.15) is 20.7 Å². The minimum absolute atomic E-state index is 0.201. The Bertz CT molecular complexity index is 973. The molecule has 3 rings (SSSR count). The fourth-order valence-corrected chi connectivity index (χ4v) is 2.60. The van der Waals surface area contributed by atoms with Crippen molar-refractivity contribution >= 4 is 29.0 Å². The normalized spacial score (nSPS) is 10.3. The van der Waals surface area contributed by atoms with Gasteiger partial charge in [0.15, 0.2) is 12.4 Å². The average Bonchev–Trinajstić information content (AvgIpc) is 2.67. The summed E-state index contributed by atoms with van der Waals surface area (Å²) in [4.78, 5) is 24.4. The quantitative estimate of drug-likeness (QED) is 0.610. The van der Waals surface area contributed by atoms with E-state index < -0.39 is 5.82 Å². The second kappa shape index (κ2) is 8.47. The fourth-order valence-electron chi connectivity index (χ4n) is 2.38. The number of carbonyl (C=O) groups excluding carboxylic acids is 2. The van der Waals surface area contributed by atoms with Crippen LogP contribution in [0.2, 0.25) is 5.02 Å². The number of ketones is 1. The molecule has 0 aliphatic heterocycles. The maximum atomic E-state index is 12.9. The maximum Gasteiger partial charge on any atom is 0.257 e. The van der Waals surface area contributed by atoms with E-state index in [9.17, 15) is 14.0 Å². The maximum absolute atomic E-state index is 12.9. The van der Waals surface area contributed by atoms with Gasteiger partial charge in [0.05, 0.1) is 10.6 Å². The molecule has 0 bridgehead atoms. The van der Waals surface area contributed by atoms with Crippen molar-refractivity contribution in [3.8, 4) is 5.75 Å². The Balaban J connectivity index is 1.63. The van der Waals surface area contributed by atoms with Gasteiger partial charge in [0, 0.05) is 17.3 Å². The van der Waals surface area contributed by atoms with Gasteiger partial charge >= 0.3 is 0 Å². The van der Waals surface area contributed by atoms with Gasteiger partial charge in [-0.25, -0.2) is 4.39 Å². The molecule has 0 aliphatic carbocycles. The van der Waals surface area contributed by atoms with E-state index in [1.54, 1.807) is 48.5 Å². The highest BCUT2D eigenvalue weighted by Gasteiger charge is 2.11. The van der Waals surface area contributed by atoms with E-state index in [1.807, 2.05) is 0 Å². The Morgan fingerprint density at radius 2 is 1.70 bits per heavy atom. The van der Waals surface area contributed by atoms with Gasteiger partial charge in [-0.15, -0.1) is 0 Å². The number of benzene rings is 3. The summed E-state index contributed by atoms with van der Waals surface area (Å²) in [7, 11) is 0. The number of ether oxygens (including phenoxy) is 1. The van der Waals surface area contributed by atoms with E-state index in [0.717, 1.165) is 0 Å². The lowest BCUT2D eigenvalue weighted by molar-refractivity contribution is 0.0920. The first-order valence-corrected chi connectivity index (χ1v) is 8.48. The van der Waals surface area contributed by atoms with Crippen LogP contribution in [0, 0.1) is 5.82 Å². The number of anilines is 1. The molecule has 0 saturated heterocycles. The molecule has 0 saturated carbocycles. The molecule has 136 valence electrons. The van der Waals surface area contributed by atoms with Crippen LogP contribution in [-0.2, 0) is 0 Å². The number of Topliss-reactive ketones (excluding diaryl/α,β-unsaturated/α-hetero) is 1.